The number of aromatic nitrogens is 2. The van der Waals surface area contributed by atoms with Crippen molar-refractivity contribution in [3.8, 4) is 0 Å². The lowest BCUT2D eigenvalue weighted by Gasteiger charge is -2.37. The maximum atomic E-state index is 12.6. The molecule has 18 heteroatoms. The van der Waals surface area contributed by atoms with Crippen LogP contribution in [0, 0.1) is 0 Å². The topological polar surface area (TPSA) is 120 Å². The summed E-state index contributed by atoms with van der Waals surface area (Å²) in [6, 6.07) is 0. The number of oxime groups is 1. The molecule has 1 amide bonds. The summed E-state index contributed by atoms with van der Waals surface area (Å²) in [6.07, 6.45) is -12.2. The van der Waals surface area contributed by atoms with E-state index in [9.17, 15) is 44.3 Å². The lowest BCUT2D eigenvalue weighted by atomic mass is 9.88. The van der Waals surface area contributed by atoms with Crippen LogP contribution in [0.1, 0.15) is 30.8 Å². The molecule has 1 spiro atoms. The summed E-state index contributed by atoms with van der Waals surface area (Å²) in [5.74, 6) is -3.58. The van der Waals surface area contributed by atoms with Crippen molar-refractivity contribution in [2.45, 2.75) is 49.9 Å². The molecule has 0 saturated carbocycles. The molecule has 1 aromatic rings. The van der Waals surface area contributed by atoms with Crippen molar-refractivity contribution in [2.75, 3.05) is 19.6 Å². The number of imidazole rings is 1. The minimum atomic E-state index is -5.08. The van der Waals surface area contributed by atoms with Crippen molar-refractivity contribution in [1.82, 2.24) is 20.2 Å². The number of hydrogen-bond donors (Lipinski definition) is 3. The summed E-state index contributed by atoms with van der Waals surface area (Å²) in [7, 11) is 0. The number of carbonyl (C=O) groups is 2. The van der Waals surface area contributed by atoms with Gasteiger partial charge in [-0.2, -0.15) is 39.5 Å². The monoisotopic (exact) mass is 527 g/mol. The lowest BCUT2D eigenvalue weighted by molar-refractivity contribution is -0.192. The Kier molecular flexibility index (Phi) is 8.29. The maximum Gasteiger partial charge on any atom is 0.490 e. The Bertz CT molecular complexity index is 942. The van der Waals surface area contributed by atoms with Gasteiger partial charge in [-0.1, -0.05) is 5.16 Å². The third kappa shape index (κ3) is 8.59. The third-order valence-corrected chi connectivity index (χ3v) is 4.72. The highest BCUT2D eigenvalue weighted by Gasteiger charge is 2.45. The number of hydrogen-bond acceptors (Lipinski definition) is 6. The van der Waals surface area contributed by atoms with Crippen LogP contribution in [0.2, 0.25) is 0 Å². The third-order valence-electron chi connectivity index (χ3n) is 4.72. The van der Waals surface area contributed by atoms with E-state index in [-0.39, 0.29) is 31.0 Å². The van der Waals surface area contributed by atoms with E-state index in [1.165, 1.54) is 0 Å². The minimum absolute atomic E-state index is 0.0269. The molecule has 2 aliphatic heterocycles. The number of aromatic amines is 1. The number of alkyl halides is 9. The first-order valence-electron chi connectivity index (χ1n) is 9.64. The van der Waals surface area contributed by atoms with Gasteiger partial charge in [0.25, 0.3) is 5.91 Å². The highest BCUT2D eigenvalue weighted by Crippen LogP contribution is 2.34. The fourth-order valence-electron chi connectivity index (χ4n) is 3.27. The highest BCUT2D eigenvalue weighted by molar-refractivity contribution is 6.39. The minimum Gasteiger partial charge on any atom is -0.475 e. The second-order valence-electron chi connectivity index (χ2n) is 7.65. The number of piperidine rings is 1. The number of carboxylic acid groups (broad SMARTS) is 1. The Morgan fingerprint density at radius 3 is 2.31 bits per heavy atom. The van der Waals surface area contributed by atoms with Gasteiger partial charge in [-0.05, 0) is 19.4 Å². The molecule has 0 radical (unpaired) electrons. The zero-order valence-corrected chi connectivity index (χ0v) is 17.4. The number of rotatable bonds is 4. The molecule has 0 bridgehead atoms. The molecule has 9 nitrogen and oxygen atoms in total. The molecule has 2 aliphatic rings. The molecule has 1 fully saturated rings. The van der Waals surface area contributed by atoms with Crippen LogP contribution in [0.5, 0.6) is 0 Å². The van der Waals surface area contributed by atoms with Crippen LogP contribution in [0.15, 0.2) is 11.4 Å². The van der Waals surface area contributed by atoms with Gasteiger partial charge < -0.3 is 20.2 Å². The Labute approximate surface area is 190 Å². The molecule has 198 valence electrons. The van der Waals surface area contributed by atoms with Gasteiger partial charge in [0.1, 0.15) is 23.8 Å². The van der Waals surface area contributed by atoms with Gasteiger partial charge in [-0.3, -0.25) is 9.69 Å². The van der Waals surface area contributed by atoms with Crippen LogP contribution in [-0.4, -0.2) is 75.2 Å². The predicted molar refractivity (Wildman–Crippen MR) is 96.7 cm³/mol. The summed E-state index contributed by atoms with van der Waals surface area (Å²) in [5.41, 5.74) is -1.97. The van der Waals surface area contributed by atoms with Crippen molar-refractivity contribution in [3.63, 3.8) is 0 Å². The number of nitrogens with zero attached hydrogens (tertiary/aromatic N) is 3. The van der Waals surface area contributed by atoms with Crippen molar-refractivity contribution in [3.05, 3.63) is 17.7 Å². The van der Waals surface area contributed by atoms with E-state index in [4.69, 9.17) is 14.7 Å². The molecule has 1 atom stereocenters. The first-order chi connectivity index (χ1) is 15.9. The molecule has 35 heavy (non-hydrogen) atoms. The fourth-order valence-corrected chi connectivity index (χ4v) is 3.27. The zero-order chi connectivity index (χ0) is 26.7. The van der Waals surface area contributed by atoms with Gasteiger partial charge >= 0.3 is 24.5 Å². The van der Waals surface area contributed by atoms with E-state index in [1.54, 1.807) is 10.2 Å². The number of carbonyl (C=O) groups excluding carboxylic acids is 1. The van der Waals surface area contributed by atoms with Crippen molar-refractivity contribution in [2.24, 2.45) is 5.16 Å². The summed E-state index contributed by atoms with van der Waals surface area (Å²) >= 11 is 0. The average molecular weight is 527 g/mol. The van der Waals surface area contributed by atoms with Crippen LogP contribution < -0.4 is 5.32 Å². The van der Waals surface area contributed by atoms with Gasteiger partial charge in [-0.15, -0.1) is 0 Å². The Morgan fingerprint density at radius 1 is 1.17 bits per heavy atom. The molecule has 1 saturated heterocycles. The van der Waals surface area contributed by atoms with Crippen LogP contribution in [0.3, 0.4) is 0 Å². The Balaban J connectivity index is 0.000000540. The Hall–Kier alpha value is -3.05. The van der Waals surface area contributed by atoms with E-state index >= 15 is 0 Å². The molecule has 0 aromatic carbocycles. The standard InChI is InChI=1S/C15H17F6N5O2.C2HF3O2/c16-14(17,18)7-23-12(27)9-4-13(28-25-9)2-1-3-26(8-13)6-11-22-5-10(24-11)15(19,20)21;3-2(4,5)1(6)7/h5H,1-4,6-8H2,(H,22,24)(H,23,27);(H,6,7). The van der Waals surface area contributed by atoms with E-state index < -0.39 is 48.2 Å². The molecule has 0 aliphatic carbocycles. The first-order valence-corrected chi connectivity index (χ1v) is 9.64. The van der Waals surface area contributed by atoms with E-state index in [1.807, 2.05) is 0 Å². The van der Waals surface area contributed by atoms with Gasteiger partial charge in [0.15, 0.2) is 5.60 Å². The number of H-pyrrole nitrogens is 1. The number of amides is 1. The summed E-state index contributed by atoms with van der Waals surface area (Å²) in [6.45, 7) is -0.530. The quantitative estimate of drug-likeness (QED) is 0.519. The lowest BCUT2D eigenvalue weighted by Crippen LogP contribution is -2.49. The number of carboxylic acids is 1. The summed E-state index contributed by atoms with van der Waals surface area (Å²) in [4.78, 5) is 33.8. The number of likely N-dealkylation sites (tertiary alicyclic amines) is 1. The number of halogens is 9. The van der Waals surface area contributed by atoms with Gasteiger partial charge in [0.2, 0.25) is 0 Å². The summed E-state index contributed by atoms with van der Waals surface area (Å²) in [5, 5.41) is 12.5. The summed E-state index contributed by atoms with van der Waals surface area (Å²) < 4.78 is 106. The normalized spacial score (nSPS) is 21.1. The number of nitrogens with one attached hydrogen (secondary N) is 2. The fraction of sp³-hybridized carbons (Fsp3) is 0.647. The molecular weight excluding hydrogens is 509 g/mol. The van der Waals surface area contributed by atoms with E-state index in [0.29, 0.717) is 25.6 Å². The van der Waals surface area contributed by atoms with Crippen LogP contribution >= 0.6 is 0 Å². The zero-order valence-electron chi connectivity index (χ0n) is 17.4. The smallest absolute Gasteiger partial charge is 0.475 e. The second kappa shape index (κ2) is 10.3. The highest BCUT2D eigenvalue weighted by atomic mass is 19.4. The molecule has 3 rings (SSSR count). The van der Waals surface area contributed by atoms with E-state index in [2.05, 4.69) is 15.1 Å². The van der Waals surface area contributed by atoms with Gasteiger partial charge in [-0.25, -0.2) is 9.78 Å². The van der Waals surface area contributed by atoms with Crippen LogP contribution in [0.4, 0.5) is 39.5 Å². The Morgan fingerprint density at radius 2 is 1.80 bits per heavy atom. The molecule has 3 N–H and O–H groups in total. The van der Waals surface area contributed by atoms with Gasteiger partial charge in [0.05, 0.1) is 12.7 Å². The predicted octanol–water partition coefficient (Wildman–Crippen LogP) is 2.85. The van der Waals surface area contributed by atoms with Crippen LogP contribution in [0.25, 0.3) is 0 Å². The van der Waals surface area contributed by atoms with Crippen LogP contribution in [-0.2, 0) is 27.1 Å². The average Bonchev–Trinajstić information content (AvgIpc) is 3.33. The molecular formula is C17H18F9N5O4. The largest absolute Gasteiger partial charge is 0.490 e. The first kappa shape index (κ1) is 28.2. The second-order valence-corrected chi connectivity index (χ2v) is 7.65. The number of aliphatic carboxylic acids is 1. The van der Waals surface area contributed by atoms with Gasteiger partial charge in [0, 0.05) is 13.0 Å². The van der Waals surface area contributed by atoms with Crippen molar-refractivity contribution < 1.29 is 59.0 Å². The maximum absolute atomic E-state index is 12.6. The van der Waals surface area contributed by atoms with Crippen molar-refractivity contribution in [1.29, 1.82) is 0 Å². The molecule has 1 unspecified atom stereocenters. The molecule has 1 aromatic heterocycles. The van der Waals surface area contributed by atoms with E-state index in [0.717, 1.165) is 0 Å². The SMILES string of the molecule is O=C(NCC(F)(F)F)C1=NOC2(CCCN(Cc3ncc(C(F)(F)F)[nH]3)C2)C1.O=C(O)C(F)(F)F. The van der Waals surface area contributed by atoms with Crippen molar-refractivity contribution >= 4 is 17.6 Å². The molecule has 3 heterocycles.